The monoisotopic (exact) mass is 426 g/mol. The molecule has 0 radical (unpaired) electrons. The minimum absolute atomic E-state index is 0.0165. The maximum Gasteiger partial charge on any atom is 0.416 e. The fourth-order valence-electron chi connectivity index (χ4n) is 2.27. The van der Waals surface area contributed by atoms with Crippen molar-refractivity contribution in [3.05, 3.63) is 59.1 Å². The van der Waals surface area contributed by atoms with Crippen molar-refractivity contribution in [3.8, 4) is 11.4 Å². The largest absolute Gasteiger partial charge is 0.416 e. The molecule has 146 valence electrons. The Morgan fingerprint density at radius 3 is 2.61 bits per heavy atom. The first-order chi connectivity index (χ1) is 13.2. The van der Waals surface area contributed by atoms with E-state index in [1.807, 2.05) is 30.3 Å². The number of H-pyrrole nitrogens is 1. The number of carbonyl (C=O) groups is 1. The molecule has 2 N–H and O–H groups in total. The third-order valence-electron chi connectivity index (χ3n) is 3.72. The summed E-state index contributed by atoms with van der Waals surface area (Å²) in [5, 5.41) is 8.97. The van der Waals surface area contributed by atoms with E-state index in [1.165, 1.54) is 0 Å². The maximum atomic E-state index is 12.8. The van der Waals surface area contributed by atoms with Crippen molar-refractivity contribution in [3.63, 3.8) is 0 Å². The Bertz CT molecular complexity index is 978. The second-order valence-electron chi connectivity index (χ2n) is 5.77. The Hall–Kier alpha value is -2.52. The summed E-state index contributed by atoms with van der Waals surface area (Å²) in [6.45, 7) is 1.60. The van der Waals surface area contributed by atoms with E-state index in [0.29, 0.717) is 11.0 Å². The minimum atomic E-state index is -4.53. The van der Waals surface area contributed by atoms with E-state index in [4.69, 9.17) is 11.6 Å². The molecule has 28 heavy (non-hydrogen) atoms. The molecule has 3 aromatic rings. The SMILES string of the molecule is C[C@@H](Sc1n[nH]c(-c2ccccc2)n1)C(=O)Nc1cc(C(F)(F)F)ccc1Cl. The van der Waals surface area contributed by atoms with Gasteiger partial charge in [-0.3, -0.25) is 9.89 Å². The minimum Gasteiger partial charge on any atom is -0.324 e. The normalized spacial score (nSPS) is 12.6. The number of aromatic amines is 1. The Labute approximate surface area is 167 Å². The molecule has 0 aliphatic carbocycles. The van der Waals surface area contributed by atoms with Crippen molar-refractivity contribution in [1.29, 1.82) is 0 Å². The molecule has 1 atom stereocenters. The Balaban J connectivity index is 1.68. The number of nitrogens with one attached hydrogen (secondary N) is 2. The first kappa shape index (κ1) is 20.2. The molecule has 0 bridgehead atoms. The number of anilines is 1. The van der Waals surface area contributed by atoms with Gasteiger partial charge in [-0.1, -0.05) is 53.7 Å². The van der Waals surface area contributed by atoms with Crippen LogP contribution in [0.5, 0.6) is 0 Å². The van der Waals surface area contributed by atoms with Crippen LogP contribution in [0.15, 0.2) is 53.7 Å². The van der Waals surface area contributed by atoms with Gasteiger partial charge in [0.2, 0.25) is 11.1 Å². The summed E-state index contributed by atoms with van der Waals surface area (Å²) in [4.78, 5) is 16.7. The lowest BCUT2D eigenvalue weighted by atomic mass is 10.2. The molecule has 0 fully saturated rings. The number of benzene rings is 2. The standard InChI is InChI=1S/C18H14ClF3N4OS/c1-10(28-17-24-15(25-26-17)11-5-3-2-4-6-11)16(27)23-14-9-12(18(20,21)22)7-8-13(14)19/h2-10H,1H3,(H,23,27)(H,24,25,26)/t10-/m1/s1. The van der Waals surface area contributed by atoms with Crippen molar-refractivity contribution < 1.29 is 18.0 Å². The molecule has 2 aromatic carbocycles. The summed E-state index contributed by atoms with van der Waals surface area (Å²) in [5.41, 5.74) is -0.155. The van der Waals surface area contributed by atoms with Crippen molar-refractivity contribution in [1.82, 2.24) is 15.2 Å². The van der Waals surface area contributed by atoms with Gasteiger partial charge in [0.15, 0.2) is 5.82 Å². The average Bonchev–Trinajstić information content (AvgIpc) is 3.11. The highest BCUT2D eigenvalue weighted by Gasteiger charge is 2.31. The number of carbonyl (C=O) groups excluding carboxylic acids is 1. The maximum absolute atomic E-state index is 12.8. The van der Waals surface area contributed by atoms with E-state index in [2.05, 4.69) is 20.5 Å². The van der Waals surface area contributed by atoms with Gasteiger partial charge in [-0.2, -0.15) is 13.2 Å². The zero-order chi connectivity index (χ0) is 20.3. The zero-order valence-corrected chi connectivity index (χ0v) is 16.0. The molecule has 5 nitrogen and oxygen atoms in total. The van der Waals surface area contributed by atoms with E-state index in [-0.39, 0.29) is 10.7 Å². The average molecular weight is 427 g/mol. The van der Waals surface area contributed by atoms with Crippen LogP contribution in [0.3, 0.4) is 0 Å². The number of halogens is 4. The van der Waals surface area contributed by atoms with Gasteiger partial charge in [0.25, 0.3) is 0 Å². The fraction of sp³-hybridized carbons (Fsp3) is 0.167. The van der Waals surface area contributed by atoms with E-state index in [1.54, 1.807) is 6.92 Å². The molecule has 0 aliphatic rings. The summed E-state index contributed by atoms with van der Waals surface area (Å²) in [5.74, 6) is 0.0360. The number of aromatic nitrogens is 3. The van der Waals surface area contributed by atoms with Gasteiger partial charge in [-0.25, -0.2) is 4.98 Å². The Morgan fingerprint density at radius 2 is 1.93 bits per heavy atom. The van der Waals surface area contributed by atoms with Crippen molar-refractivity contribution >= 4 is 35.0 Å². The van der Waals surface area contributed by atoms with Crippen LogP contribution in [0, 0.1) is 0 Å². The Kier molecular flexibility index (Phi) is 5.95. The second kappa shape index (κ2) is 8.24. The number of alkyl halides is 3. The summed E-state index contributed by atoms with van der Waals surface area (Å²) in [6, 6.07) is 12.1. The highest BCUT2D eigenvalue weighted by atomic mass is 35.5. The summed E-state index contributed by atoms with van der Waals surface area (Å²) in [6.07, 6.45) is -4.53. The number of thioether (sulfide) groups is 1. The van der Waals surface area contributed by atoms with Crippen LogP contribution in [-0.2, 0) is 11.0 Å². The molecular formula is C18H14ClF3N4OS. The molecular weight excluding hydrogens is 413 g/mol. The number of amides is 1. The number of hydrogen-bond donors (Lipinski definition) is 2. The van der Waals surface area contributed by atoms with Crippen LogP contribution < -0.4 is 5.32 Å². The molecule has 0 unspecified atom stereocenters. The molecule has 3 rings (SSSR count). The van der Waals surface area contributed by atoms with E-state index in [0.717, 1.165) is 35.5 Å². The molecule has 1 heterocycles. The summed E-state index contributed by atoms with van der Waals surface area (Å²) < 4.78 is 38.5. The molecule has 0 saturated heterocycles. The lowest BCUT2D eigenvalue weighted by Crippen LogP contribution is -2.23. The first-order valence-corrected chi connectivity index (χ1v) is 9.32. The van der Waals surface area contributed by atoms with E-state index >= 15 is 0 Å². The molecule has 1 amide bonds. The lowest BCUT2D eigenvalue weighted by molar-refractivity contribution is -0.137. The fourth-order valence-corrected chi connectivity index (χ4v) is 3.16. The zero-order valence-electron chi connectivity index (χ0n) is 14.4. The highest BCUT2D eigenvalue weighted by molar-refractivity contribution is 8.00. The van der Waals surface area contributed by atoms with Crippen LogP contribution in [0.2, 0.25) is 5.02 Å². The summed E-state index contributed by atoms with van der Waals surface area (Å²) in [7, 11) is 0. The van der Waals surface area contributed by atoms with Gasteiger partial charge >= 0.3 is 6.18 Å². The van der Waals surface area contributed by atoms with Crippen LogP contribution in [-0.4, -0.2) is 26.3 Å². The smallest absolute Gasteiger partial charge is 0.324 e. The third-order valence-corrected chi connectivity index (χ3v) is 5.01. The van der Waals surface area contributed by atoms with Crippen LogP contribution >= 0.6 is 23.4 Å². The quantitative estimate of drug-likeness (QED) is 0.546. The Morgan fingerprint density at radius 1 is 1.21 bits per heavy atom. The number of hydrogen-bond acceptors (Lipinski definition) is 4. The van der Waals surface area contributed by atoms with E-state index < -0.39 is 22.9 Å². The van der Waals surface area contributed by atoms with Crippen LogP contribution in [0.25, 0.3) is 11.4 Å². The van der Waals surface area contributed by atoms with Crippen LogP contribution in [0.4, 0.5) is 18.9 Å². The third kappa shape index (κ3) is 4.85. The molecule has 10 heteroatoms. The van der Waals surface area contributed by atoms with Gasteiger partial charge in [0, 0.05) is 5.56 Å². The number of nitrogens with zero attached hydrogens (tertiary/aromatic N) is 2. The van der Waals surface area contributed by atoms with Gasteiger partial charge in [0.1, 0.15) is 0 Å². The van der Waals surface area contributed by atoms with Gasteiger partial charge in [-0.05, 0) is 25.1 Å². The predicted octanol–water partition coefficient (Wildman–Crippen LogP) is 5.26. The second-order valence-corrected chi connectivity index (χ2v) is 7.49. The number of rotatable bonds is 5. The molecule has 0 saturated carbocycles. The van der Waals surface area contributed by atoms with Gasteiger partial charge in [-0.15, -0.1) is 5.10 Å². The summed E-state index contributed by atoms with van der Waals surface area (Å²) >= 11 is 6.98. The first-order valence-electron chi connectivity index (χ1n) is 8.06. The van der Waals surface area contributed by atoms with Gasteiger partial charge < -0.3 is 5.32 Å². The van der Waals surface area contributed by atoms with E-state index in [9.17, 15) is 18.0 Å². The predicted molar refractivity (Wildman–Crippen MR) is 102 cm³/mol. The topological polar surface area (TPSA) is 70.7 Å². The van der Waals surface area contributed by atoms with Crippen LogP contribution in [0.1, 0.15) is 12.5 Å². The lowest BCUT2D eigenvalue weighted by Gasteiger charge is -2.13. The molecule has 0 spiro atoms. The van der Waals surface area contributed by atoms with Gasteiger partial charge in [0.05, 0.1) is 21.5 Å². The van der Waals surface area contributed by atoms with Crippen molar-refractivity contribution in [2.45, 2.75) is 23.5 Å². The molecule has 0 aliphatic heterocycles. The van der Waals surface area contributed by atoms with Crippen molar-refractivity contribution in [2.24, 2.45) is 0 Å². The van der Waals surface area contributed by atoms with Crippen molar-refractivity contribution in [2.75, 3.05) is 5.32 Å². The highest BCUT2D eigenvalue weighted by Crippen LogP contribution is 2.34. The molecule has 1 aromatic heterocycles.